The molecule has 0 aliphatic carbocycles. The van der Waals surface area contributed by atoms with Crippen molar-refractivity contribution in [3.8, 4) is 0 Å². The van der Waals surface area contributed by atoms with Crippen molar-refractivity contribution >= 4 is 29.0 Å². The summed E-state index contributed by atoms with van der Waals surface area (Å²) in [6.07, 6.45) is 0. The number of rotatable bonds is 2. The average Bonchev–Trinajstić information content (AvgIpc) is 1.67. The molecular formula is C5H8ClNS. The number of hydrogen-bond donors (Lipinski definition) is 0. The molecule has 0 heterocycles. The highest BCUT2D eigenvalue weighted by molar-refractivity contribution is 7.78. The Hall–Kier alpha value is 0.0900. The van der Waals surface area contributed by atoms with E-state index in [9.17, 15) is 0 Å². The van der Waals surface area contributed by atoms with E-state index >= 15 is 0 Å². The number of isothiocyanates is 1. The summed E-state index contributed by atoms with van der Waals surface area (Å²) in [6, 6.07) is 0. The third-order valence-electron chi connectivity index (χ3n) is 0.675. The Kier molecular flexibility index (Phi) is 3.22. The zero-order chi connectivity index (χ0) is 6.62. The first-order valence-electron chi connectivity index (χ1n) is 2.27. The Morgan fingerprint density at radius 3 is 2.38 bits per heavy atom. The van der Waals surface area contributed by atoms with Crippen molar-refractivity contribution in [2.45, 2.75) is 19.4 Å². The molecule has 0 amide bonds. The van der Waals surface area contributed by atoms with Crippen LogP contribution in [0.4, 0.5) is 0 Å². The van der Waals surface area contributed by atoms with Crippen molar-refractivity contribution in [1.29, 1.82) is 0 Å². The second kappa shape index (κ2) is 3.18. The van der Waals surface area contributed by atoms with Gasteiger partial charge in [-0.25, -0.2) is 4.99 Å². The fourth-order valence-electron chi connectivity index (χ4n) is 0.153. The van der Waals surface area contributed by atoms with Gasteiger partial charge in [0.25, 0.3) is 0 Å². The highest BCUT2D eigenvalue weighted by atomic mass is 35.5. The minimum Gasteiger partial charge on any atom is -0.225 e. The highest BCUT2D eigenvalue weighted by Gasteiger charge is 2.12. The molecule has 3 heteroatoms. The Bertz CT molecular complexity index is 116. The third kappa shape index (κ3) is 3.14. The van der Waals surface area contributed by atoms with Gasteiger partial charge < -0.3 is 0 Å². The Labute approximate surface area is 59.8 Å². The molecule has 0 saturated carbocycles. The van der Waals surface area contributed by atoms with Gasteiger partial charge in [0.2, 0.25) is 0 Å². The first kappa shape index (κ1) is 8.09. The lowest BCUT2D eigenvalue weighted by Crippen LogP contribution is -2.17. The summed E-state index contributed by atoms with van der Waals surface area (Å²) in [6.45, 7) is 3.80. The van der Waals surface area contributed by atoms with Gasteiger partial charge in [-0.3, -0.25) is 0 Å². The summed E-state index contributed by atoms with van der Waals surface area (Å²) in [5.74, 6) is 0.483. The van der Waals surface area contributed by atoms with Crippen molar-refractivity contribution < 1.29 is 0 Å². The summed E-state index contributed by atoms with van der Waals surface area (Å²) in [7, 11) is 0. The summed E-state index contributed by atoms with van der Waals surface area (Å²) in [5, 5.41) is 2.28. The van der Waals surface area contributed by atoms with E-state index in [2.05, 4.69) is 22.4 Å². The zero-order valence-electron chi connectivity index (χ0n) is 4.94. The molecule has 0 aliphatic heterocycles. The number of halogens is 1. The fourth-order valence-corrected chi connectivity index (χ4v) is 0.460. The van der Waals surface area contributed by atoms with Crippen LogP contribution in [0.3, 0.4) is 0 Å². The largest absolute Gasteiger partial charge is 0.225 e. The van der Waals surface area contributed by atoms with Crippen LogP contribution in [0, 0.1) is 0 Å². The zero-order valence-corrected chi connectivity index (χ0v) is 6.51. The maximum absolute atomic E-state index is 5.49. The lowest BCUT2D eigenvalue weighted by Gasteiger charge is -2.11. The van der Waals surface area contributed by atoms with Gasteiger partial charge in [0.15, 0.2) is 0 Å². The Morgan fingerprint density at radius 2 is 2.25 bits per heavy atom. The molecule has 0 bridgehead atoms. The second-order valence-corrected chi connectivity index (χ2v) is 2.60. The first-order valence-corrected chi connectivity index (χ1v) is 3.21. The smallest absolute Gasteiger partial charge is 0.0789 e. The molecule has 1 nitrogen and oxygen atoms in total. The maximum Gasteiger partial charge on any atom is 0.0789 e. The van der Waals surface area contributed by atoms with Gasteiger partial charge in [0.1, 0.15) is 0 Å². The molecule has 0 aliphatic rings. The van der Waals surface area contributed by atoms with E-state index in [1.165, 1.54) is 0 Å². The lowest BCUT2D eigenvalue weighted by atomic mass is 10.1. The molecule has 0 N–H and O–H groups in total. The van der Waals surface area contributed by atoms with Crippen LogP contribution < -0.4 is 0 Å². The molecule has 0 aromatic rings. The number of hydrogen-bond acceptors (Lipinski definition) is 2. The number of thiocarbonyl (C=S) groups is 1. The van der Waals surface area contributed by atoms with Crippen LogP contribution in [0.1, 0.15) is 13.8 Å². The van der Waals surface area contributed by atoms with E-state index in [0.717, 1.165) is 0 Å². The van der Waals surface area contributed by atoms with Crippen LogP contribution in [-0.4, -0.2) is 16.6 Å². The predicted octanol–water partition coefficient (Wildman–Crippen LogP) is 2.11. The third-order valence-corrected chi connectivity index (χ3v) is 1.42. The topological polar surface area (TPSA) is 12.4 Å². The lowest BCUT2D eigenvalue weighted by molar-refractivity contribution is 0.595. The molecular weight excluding hydrogens is 142 g/mol. The van der Waals surface area contributed by atoms with E-state index in [0.29, 0.717) is 5.88 Å². The molecule has 46 valence electrons. The van der Waals surface area contributed by atoms with Gasteiger partial charge in [-0.15, -0.1) is 11.6 Å². The molecule has 8 heavy (non-hydrogen) atoms. The monoisotopic (exact) mass is 149 g/mol. The SMILES string of the molecule is CC(C)(CCl)N=C=S. The fraction of sp³-hybridized carbons (Fsp3) is 0.800. The van der Waals surface area contributed by atoms with Crippen molar-refractivity contribution in [3.05, 3.63) is 0 Å². The predicted molar refractivity (Wildman–Crippen MR) is 39.8 cm³/mol. The van der Waals surface area contributed by atoms with Gasteiger partial charge in [-0.05, 0) is 26.1 Å². The van der Waals surface area contributed by atoms with E-state index in [1.807, 2.05) is 13.8 Å². The van der Waals surface area contributed by atoms with Gasteiger partial charge >= 0.3 is 0 Å². The normalized spacial score (nSPS) is 10.4. The van der Waals surface area contributed by atoms with E-state index in [1.54, 1.807) is 0 Å². The maximum atomic E-state index is 5.49. The minimum atomic E-state index is -0.233. The van der Waals surface area contributed by atoms with Crippen LogP contribution >= 0.6 is 23.8 Å². The van der Waals surface area contributed by atoms with Crippen molar-refractivity contribution in [2.24, 2.45) is 4.99 Å². The van der Waals surface area contributed by atoms with Gasteiger partial charge in [-0.2, -0.15) is 0 Å². The first-order chi connectivity index (χ1) is 3.62. The molecule has 0 fully saturated rings. The summed E-state index contributed by atoms with van der Waals surface area (Å²) < 4.78 is 0. The van der Waals surface area contributed by atoms with Crippen LogP contribution in [0.5, 0.6) is 0 Å². The number of nitrogens with zero attached hydrogens (tertiary/aromatic N) is 1. The van der Waals surface area contributed by atoms with Crippen LogP contribution in [0.2, 0.25) is 0 Å². The number of aliphatic imine (C=N–C) groups is 1. The molecule has 0 aromatic carbocycles. The summed E-state index contributed by atoms with van der Waals surface area (Å²) in [5.41, 5.74) is -0.233. The molecule has 0 radical (unpaired) electrons. The standard InChI is InChI=1S/C5H8ClNS/c1-5(2,3-6)7-4-8/h3H2,1-2H3. The summed E-state index contributed by atoms with van der Waals surface area (Å²) >= 11 is 9.88. The molecule has 0 spiro atoms. The van der Waals surface area contributed by atoms with Crippen molar-refractivity contribution in [3.63, 3.8) is 0 Å². The Morgan fingerprint density at radius 1 is 1.75 bits per heavy atom. The molecule has 0 atom stereocenters. The van der Waals surface area contributed by atoms with Gasteiger partial charge in [0.05, 0.1) is 10.7 Å². The molecule has 0 saturated heterocycles. The second-order valence-electron chi connectivity index (χ2n) is 2.15. The van der Waals surface area contributed by atoms with E-state index < -0.39 is 0 Å². The molecule has 0 aromatic heterocycles. The van der Waals surface area contributed by atoms with Crippen LogP contribution in [0.25, 0.3) is 0 Å². The highest BCUT2D eigenvalue weighted by Crippen LogP contribution is 2.08. The van der Waals surface area contributed by atoms with E-state index in [-0.39, 0.29) is 5.54 Å². The van der Waals surface area contributed by atoms with Crippen molar-refractivity contribution in [1.82, 2.24) is 0 Å². The van der Waals surface area contributed by atoms with Crippen LogP contribution in [-0.2, 0) is 0 Å². The quantitative estimate of drug-likeness (QED) is 0.333. The van der Waals surface area contributed by atoms with Crippen LogP contribution in [0.15, 0.2) is 4.99 Å². The average molecular weight is 150 g/mol. The van der Waals surface area contributed by atoms with Gasteiger partial charge in [0, 0.05) is 5.88 Å². The minimum absolute atomic E-state index is 0.233. The molecule has 0 rings (SSSR count). The van der Waals surface area contributed by atoms with E-state index in [4.69, 9.17) is 11.6 Å². The summed E-state index contributed by atoms with van der Waals surface area (Å²) in [4.78, 5) is 3.81. The van der Waals surface area contributed by atoms with Gasteiger partial charge in [-0.1, -0.05) is 0 Å². The number of alkyl halides is 1. The molecule has 0 unspecified atom stereocenters. The van der Waals surface area contributed by atoms with Crippen molar-refractivity contribution in [2.75, 3.05) is 5.88 Å². The Balaban J connectivity index is 3.90.